The Balaban J connectivity index is 1.70. The Hall–Kier alpha value is -2.20. The first kappa shape index (κ1) is 16.7. The Kier molecular flexibility index (Phi) is 4.95. The van der Waals surface area contributed by atoms with Crippen molar-refractivity contribution in [3.05, 3.63) is 58.1 Å². The van der Waals surface area contributed by atoms with E-state index in [1.165, 1.54) is 5.56 Å². The van der Waals surface area contributed by atoms with E-state index in [2.05, 4.69) is 0 Å². The van der Waals surface area contributed by atoms with Crippen LogP contribution in [0.3, 0.4) is 0 Å². The van der Waals surface area contributed by atoms with E-state index >= 15 is 0 Å². The van der Waals surface area contributed by atoms with Gasteiger partial charge in [0.2, 0.25) is 5.91 Å². The third-order valence-electron chi connectivity index (χ3n) is 4.11. The maximum absolute atomic E-state index is 12.5. The second-order valence-corrected chi connectivity index (χ2v) is 6.36. The summed E-state index contributed by atoms with van der Waals surface area (Å²) in [6.07, 6.45) is 0.277. The topological polar surface area (TPSA) is 38.8 Å². The second-order valence-electron chi connectivity index (χ2n) is 5.95. The van der Waals surface area contributed by atoms with Crippen LogP contribution in [0.2, 0.25) is 5.02 Å². The molecule has 0 aliphatic carbocycles. The summed E-state index contributed by atoms with van der Waals surface area (Å²) in [5.41, 5.74) is 3.15. The minimum atomic E-state index is 0.0333. The Morgan fingerprint density at radius 1 is 1.21 bits per heavy atom. The molecule has 1 aliphatic heterocycles. The van der Waals surface area contributed by atoms with Crippen molar-refractivity contribution in [3.8, 4) is 11.5 Å². The van der Waals surface area contributed by atoms with Crippen LogP contribution in [0.5, 0.6) is 11.5 Å². The van der Waals surface area contributed by atoms with Gasteiger partial charge in [0.25, 0.3) is 0 Å². The van der Waals surface area contributed by atoms with Crippen molar-refractivity contribution in [2.24, 2.45) is 0 Å². The number of rotatable bonds is 4. The van der Waals surface area contributed by atoms with Gasteiger partial charge in [0.05, 0.1) is 11.4 Å². The van der Waals surface area contributed by atoms with Crippen LogP contribution in [-0.4, -0.2) is 31.1 Å². The summed E-state index contributed by atoms with van der Waals surface area (Å²) < 4.78 is 11.1. The largest absolute Gasteiger partial charge is 0.486 e. The second kappa shape index (κ2) is 7.14. The van der Waals surface area contributed by atoms with Gasteiger partial charge in [0.15, 0.2) is 11.5 Å². The lowest BCUT2D eigenvalue weighted by Gasteiger charge is -2.21. The van der Waals surface area contributed by atoms with Crippen LogP contribution >= 0.6 is 11.6 Å². The molecule has 0 radical (unpaired) electrons. The van der Waals surface area contributed by atoms with Crippen molar-refractivity contribution < 1.29 is 14.3 Å². The summed E-state index contributed by atoms with van der Waals surface area (Å²) in [6, 6.07) is 11.7. The highest BCUT2D eigenvalue weighted by atomic mass is 35.5. The molecule has 1 amide bonds. The fourth-order valence-electron chi connectivity index (χ4n) is 2.71. The lowest BCUT2D eigenvalue weighted by molar-refractivity contribution is -0.129. The average molecular weight is 346 g/mol. The van der Waals surface area contributed by atoms with E-state index in [1.54, 1.807) is 11.0 Å². The first-order valence-electron chi connectivity index (χ1n) is 7.91. The molecule has 0 fully saturated rings. The van der Waals surface area contributed by atoms with E-state index in [4.69, 9.17) is 21.1 Å². The first-order valence-corrected chi connectivity index (χ1v) is 8.29. The maximum Gasteiger partial charge on any atom is 0.227 e. The SMILES string of the molecule is Cc1ccccc1CN(C)C(=O)Cc1cc(Cl)c2c(c1)OCCO2. The number of nitrogens with zero attached hydrogens (tertiary/aromatic N) is 1. The number of carbonyl (C=O) groups excluding carboxylic acids is 1. The minimum Gasteiger partial charge on any atom is -0.486 e. The number of hydrogen-bond donors (Lipinski definition) is 0. The van der Waals surface area contributed by atoms with Crippen LogP contribution in [0, 0.1) is 6.92 Å². The van der Waals surface area contributed by atoms with Gasteiger partial charge in [0.1, 0.15) is 13.2 Å². The van der Waals surface area contributed by atoms with Crippen molar-refractivity contribution in [1.82, 2.24) is 4.90 Å². The first-order chi connectivity index (χ1) is 11.5. The molecule has 5 heteroatoms. The van der Waals surface area contributed by atoms with E-state index in [9.17, 15) is 4.79 Å². The molecule has 2 aromatic carbocycles. The molecule has 0 unspecified atom stereocenters. The van der Waals surface area contributed by atoms with Crippen molar-refractivity contribution in [2.45, 2.75) is 19.9 Å². The van der Waals surface area contributed by atoms with Crippen LogP contribution in [-0.2, 0) is 17.8 Å². The normalized spacial score (nSPS) is 12.8. The third kappa shape index (κ3) is 3.65. The van der Waals surface area contributed by atoms with Crippen molar-refractivity contribution in [1.29, 1.82) is 0 Å². The zero-order valence-corrected chi connectivity index (χ0v) is 14.6. The van der Waals surface area contributed by atoms with Crippen molar-refractivity contribution in [2.75, 3.05) is 20.3 Å². The molecule has 126 valence electrons. The molecular weight excluding hydrogens is 326 g/mol. The number of halogens is 1. The molecule has 0 N–H and O–H groups in total. The fraction of sp³-hybridized carbons (Fsp3) is 0.316. The van der Waals surface area contributed by atoms with E-state index in [0.29, 0.717) is 36.3 Å². The van der Waals surface area contributed by atoms with Gasteiger partial charge >= 0.3 is 0 Å². The molecule has 0 aromatic heterocycles. The molecule has 1 heterocycles. The van der Waals surface area contributed by atoms with Gasteiger partial charge in [-0.25, -0.2) is 0 Å². The average Bonchev–Trinajstić information content (AvgIpc) is 2.57. The van der Waals surface area contributed by atoms with E-state index < -0.39 is 0 Å². The third-order valence-corrected chi connectivity index (χ3v) is 4.39. The standard InChI is InChI=1S/C19H20ClNO3/c1-13-5-3-4-6-15(13)12-21(2)18(22)11-14-9-16(20)19-17(10-14)23-7-8-24-19/h3-6,9-10H,7-8,11-12H2,1-2H3. The van der Waals surface area contributed by atoms with Crippen LogP contribution in [0.25, 0.3) is 0 Å². The van der Waals surface area contributed by atoms with Gasteiger partial charge in [-0.3, -0.25) is 4.79 Å². The van der Waals surface area contributed by atoms with Gasteiger partial charge in [-0.15, -0.1) is 0 Å². The number of fused-ring (bicyclic) bond motifs is 1. The zero-order valence-electron chi connectivity index (χ0n) is 13.8. The van der Waals surface area contributed by atoms with Gasteiger partial charge in [-0.2, -0.15) is 0 Å². The highest BCUT2D eigenvalue weighted by Crippen LogP contribution is 2.38. The molecule has 1 aliphatic rings. The molecule has 0 spiro atoms. The van der Waals surface area contributed by atoms with Crippen LogP contribution in [0.1, 0.15) is 16.7 Å². The van der Waals surface area contributed by atoms with Gasteiger partial charge < -0.3 is 14.4 Å². The number of benzene rings is 2. The highest BCUT2D eigenvalue weighted by Gasteiger charge is 2.19. The molecule has 24 heavy (non-hydrogen) atoms. The summed E-state index contributed by atoms with van der Waals surface area (Å²) >= 11 is 6.23. The summed E-state index contributed by atoms with van der Waals surface area (Å²) in [6.45, 7) is 3.62. The Bertz CT molecular complexity index is 760. The number of amides is 1. The Morgan fingerprint density at radius 2 is 1.96 bits per heavy atom. The molecular formula is C19H20ClNO3. The van der Waals surface area contributed by atoms with Crippen molar-refractivity contribution >= 4 is 17.5 Å². The predicted molar refractivity (Wildman–Crippen MR) is 93.8 cm³/mol. The fourth-order valence-corrected chi connectivity index (χ4v) is 2.99. The van der Waals surface area contributed by atoms with E-state index in [0.717, 1.165) is 11.1 Å². The Labute approximate surface area is 146 Å². The van der Waals surface area contributed by atoms with Crippen LogP contribution < -0.4 is 9.47 Å². The van der Waals surface area contributed by atoms with Gasteiger partial charge in [0, 0.05) is 13.6 Å². The summed E-state index contributed by atoms with van der Waals surface area (Å²) in [5.74, 6) is 1.21. The quantitative estimate of drug-likeness (QED) is 0.849. The molecule has 0 bridgehead atoms. The molecule has 4 nitrogen and oxygen atoms in total. The summed E-state index contributed by atoms with van der Waals surface area (Å²) in [7, 11) is 1.81. The maximum atomic E-state index is 12.5. The molecule has 2 aromatic rings. The van der Waals surface area contributed by atoms with Crippen molar-refractivity contribution in [3.63, 3.8) is 0 Å². The predicted octanol–water partition coefficient (Wildman–Crippen LogP) is 3.62. The van der Waals surface area contributed by atoms with E-state index in [-0.39, 0.29) is 12.3 Å². The molecule has 0 atom stereocenters. The summed E-state index contributed by atoms with van der Waals surface area (Å²) in [4.78, 5) is 14.2. The monoisotopic (exact) mass is 345 g/mol. The van der Waals surface area contributed by atoms with Crippen LogP contribution in [0.15, 0.2) is 36.4 Å². The number of carbonyl (C=O) groups is 1. The van der Waals surface area contributed by atoms with Gasteiger partial charge in [-0.1, -0.05) is 35.9 Å². The zero-order chi connectivity index (χ0) is 17.1. The molecule has 0 saturated heterocycles. The summed E-state index contributed by atoms with van der Waals surface area (Å²) in [5, 5.41) is 0.483. The van der Waals surface area contributed by atoms with Gasteiger partial charge in [-0.05, 0) is 35.7 Å². The minimum absolute atomic E-state index is 0.0333. The number of aryl methyl sites for hydroxylation is 1. The smallest absolute Gasteiger partial charge is 0.227 e. The number of ether oxygens (including phenoxy) is 2. The number of likely N-dealkylation sites (N-methyl/N-ethyl adjacent to an activating group) is 1. The Morgan fingerprint density at radius 3 is 2.75 bits per heavy atom. The molecule has 3 rings (SSSR count). The lowest BCUT2D eigenvalue weighted by atomic mass is 10.1. The number of hydrogen-bond acceptors (Lipinski definition) is 3. The lowest BCUT2D eigenvalue weighted by Crippen LogP contribution is -2.28. The van der Waals surface area contributed by atoms with Crippen LogP contribution in [0.4, 0.5) is 0 Å². The van der Waals surface area contributed by atoms with E-state index in [1.807, 2.05) is 44.3 Å². The molecule has 0 saturated carbocycles. The highest BCUT2D eigenvalue weighted by molar-refractivity contribution is 6.32.